The van der Waals surface area contributed by atoms with Crippen LogP contribution in [0.2, 0.25) is 0 Å². The van der Waals surface area contributed by atoms with E-state index >= 15 is 0 Å². The molecule has 0 N–H and O–H groups in total. The van der Waals surface area contributed by atoms with Gasteiger partial charge in [-0.05, 0) is 36.2 Å². The Balaban J connectivity index is 2.27. The number of aryl methyl sites for hydroxylation is 1. The number of sulfone groups is 1. The van der Waals surface area contributed by atoms with Crippen molar-refractivity contribution < 1.29 is 39.3 Å². The summed E-state index contributed by atoms with van der Waals surface area (Å²) in [7, 11) is -4.24. The molecule has 0 amide bonds. The highest BCUT2D eigenvalue weighted by Gasteiger charge is 2.33. The Morgan fingerprint density at radius 3 is 2.13 bits per heavy atom. The maximum Gasteiger partial charge on any atom is 0.416 e. The lowest BCUT2D eigenvalue weighted by atomic mass is 9.96. The van der Waals surface area contributed by atoms with E-state index in [1.54, 1.807) is 0 Å². The largest absolute Gasteiger partial charge is 0.416 e. The van der Waals surface area contributed by atoms with Crippen molar-refractivity contribution in [3.05, 3.63) is 58.9 Å². The number of rotatable bonds is 4. The molecule has 3 rings (SSSR count). The standard InChI is InChI=1S/C19H13F6NO3S/c1-9-3-4-10(5-12(9)19(23,24)25)17-16(15(8-20)29-26-17)11-6-13(21)18(14(22)7-11)30(2,27)28/h3-7H,8H2,1-2H3. The molecule has 3 aromatic rings. The zero-order chi connectivity index (χ0) is 22.4. The first-order chi connectivity index (χ1) is 13.8. The molecule has 11 heteroatoms. The number of hydrogen-bond donors (Lipinski definition) is 0. The van der Waals surface area contributed by atoms with E-state index in [0.29, 0.717) is 18.4 Å². The first-order valence-electron chi connectivity index (χ1n) is 8.26. The van der Waals surface area contributed by atoms with Gasteiger partial charge in [-0.3, -0.25) is 0 Å². The fourth-order valence-corrected chi connectivity index (χ4v) is 3.87. The van der Waals surface area contributed by atoms with Crippen LogP contribution in [0.15, 0.2) is 39.8 Å². The van der Waals surface area contributed by atoms with Crippen molar-refractivity contribution >= 4 is 9.84 Å². The minimum atomic E-state index is -4.68. The number of nitrogens with zero attached hydrogens (tertiary/aromatic N) is 1. The zero-order valence-electron chi connectivity index (χ0n) is 15.4. The summed E-state index contributed by atoms with van der Waals surface area (Å²) in [6, 6.07) is 4.46. The van der Waals surface area contributed by atoms with Gasteiger partial charge in [0.25, 0.3) is 0 Å². The fraction of sp³-hybridized carbons (Fsp3) is 0.211. The zero-order valence-corrected chi connectivity index (χ0v) is 16.3. The van der Waals surface area contributed by atoms with Crippen molar-refractivity contribution in [2.75, 3.05) is 6.26 Å². The van der Waals surface area contributed by atoms with Gasteiger partial charge < -0.3 is 4.52 Å². The Morgan fingerprint density at radius 2 is 1.63 bits per heavy atom. The number of alkyl halides is 4. The van der Waals surface area contributed by atoms with E-state index in [2.05, 4.69) is 5.16 Å². The summed E-state index contributed by atoms with van der Waals surface area (Å²) in [5.41, 5.74) is -2.07. The van der Waals surface area contributed by atoms with Gasteiger partial charge in [0.05, 0.1) is 11.1 Å². The van der Waals surface area contributed by atoms with Gasteiger partial charge in [0.1, 0.15) is 22.2 Å². The molecule has 0 bridgehead atoms. The molecule has 0 spiro atoms. The number of benzene rings is 2. The lowest BCUT2D eigenvalue weighted by Crippen LogP contribution is -2.07. The van der Waals surface area contributed by atoms with Crippen molar-refractivity contribution in [2.45, 2.75) is 24.7 Å². The summed E-state index contributed by atoms with van der Waals surface area (Å²) in [5, 5.41) is 3.57. The van der Waals surface area contributed by atoms with Crippen LogP contribution in [-0.2, 0) is 22.7 Å². The van der Waals surface area contributed by atoms with E-state index < -0.39 is 50.5 Å². The number of aromatic nitrogens is 1. The van der Waals surface area contributed by atoms with E-state index in [1.807, 2.05) is 0 Å². The first kappa shape index (κ1) is 21.9. The Labute approximate surface area is 167 Å². The van der Waals surface area contributed by atoms with Crippen LogP contribution in [0, 0.1) is 18.6 Å². The van der Waals surface area contributed by atoms with Crippen LogP contribution in [0.25, 0.3) is 22.4 Å². The SMILES string of the molecule is Cc1ccc(-c2noc(CF)c2-c2cc(F)c(S(C)(=O)=O)c(F)c2)cc1C(F)(F)F. The van der Waals surface area contributed by atoms with Gasteiger partial charge in [-0.25, -0.2) is 21.6 Å². The Bertz CT molecular complexity index is 1210. The molecule has 1 heterocycles. The second-order valence-electron chi connectivity index (χ2n) is 6.53. The molecule has 0 aliphatic rings. The highest BCUT2D eigenvalue weighted by molar-refractivity contribution is 7.90. The molecule has 0 aliphatic heterocycles. The molecule has 0 saturated heterocycles. The van der Waals surface area contributed by atoms with E-state index in [0.717, 1.165) is 6.07 Å². The lowest BCUT2D eigenvalue weighted by molar-refractivity contribution is -0.138. The third kappa shape index (κ3) is 3.93. The van der Waals surface area contributed by atoms with Gasteiger partial charge >= 0.3 is 6.18 Å². The predicted octanol–water partition coefficient (Wildman–Crippen LogP) is 5.49. The van der Waals surface area contributed by atoms with Gasteiger partial charge in [-0.15, -0.1) is 0 Å². The Hall–Kier alpha value is -2.82. The highest BCUT2D eigenvalue weighted by Crippen LogP contribution is 2.40. The van der Waals surface area contributed by atoms with Crippen molar-refractivity contribution in [1.82, 2.24) is 5.16 Å². The fourth-order valence-electron chi connectivity index (χ4n) is 3.04. The lowest BCUT2D eigenvalue weighted by Gasteiger charge is -2.12. The maximum absolute atomic E-state index is 14.3. The summed E-state index contributed by atoms with van der Waals surface area (Å²) in [4.78, 5) is -1.18. The van der Waals surface area contributed by atoms with Crippen molar-refractivity contribution in [3.8, 4) is 22.4 Å². The van der Waals surface area contributed by atoms with E-state index in [4.69, 9.17) is 4.52 Å². The molecule has 160 valence electrons. The molecule has 2 aromatic carbocycles. The second-order valence-corrected chi connectivity index (χ2v) is 8.48. The van der Waals surface area contributed by atoms with E-state index in [9.17, 15) is 34.8 Å². The maximum atomic E-state index is 14.3. The molecular weight excluding hydrogens is 436 g/mol. The first-order valence-corrected chi connectivity index (χ1v) is 10.2. The molecule has 4 nitrogen and oxygen atoms in total. The highest BCUT2D eigenvalue weighted by atomic mass is 32.2. The summed E-state index contributed by atoms with van der Waals surface area (Å²) >= 11 is 0. The summed E-state index contributed by atoms with van der Waals surface area (Å²) in [6.07, 6.45) is -4.07. The number of halogens is 6. The van der Waals surface area contributed by atoms with Crippen LogP contribution in [0.5, 0.6) is 0 Å². The van der Waals surface area contributed by atoms with E-state index in [-0.39, 0.29) is 27.9 Å². The summed E-state index contributed by atoms with van der Waals surface area (Å²) in [6.45, 7) is -0.0185. The quantitative estimate of drug-likeness (QED) is 0.495. The molecule has 0 atom stereocenters. The summed E-state index contributed by atoms with van der Waals surface area (Å²) < 4.78 is 110. The topological polar surface area (TPSA) is 60.2 Å². The summed E-state index contributed by atoms with van der Waals surface area (Å²) in [5.74, 6) is -3.36. The van der Waals surface area contributed by atoms with Crippen LogP contribution in [-0.4, -0.2) is 19.8 Å². The van der Waals surface area contributed by atoms with Crippen molar-refractivity contribution in [2.24, 2.45) is 0 Å². The van der Waals surface area contributed by atoms with Crippen LogP contribution in [0.4, 0.5) is 26.3 Å². The smallest absolute Gasteiger partial charge is 0.357 e. The third-order valence-corrected chi connectivity index (χ3v) is 5.49. The van der Waals surface area contributed by atoms with Crippen LogP contribution < -0.4 is 0 Å². The van der Waals surface area contributed by atoms with Gasteiger partial charge in [0, 0.05) is 11.8 Å². The molecule has 0 aliphatic carbocycles. The molecule has 1 aromatic heterocycles. The van der Waals surface area contributed by atoms with Gasteiger partial charge in [-0.1, -0.05) is 17.3 Å². The van der Waals surface area contributed by atoms with E-state index in [1.165, 1.54) is 19.1 Å². The Morgan fingerprint density at radius 1 is 1.03 bits per heavy atom. The van der Waals surface area contributed by atoms with Gasteiger partial charge in [0.2, 0.25) is 0 Å². The van der Waals surface area contributed by atoms with Crippen LogP contribution >= 0.6 is 0 Å². The molecule has 0 unspecified atom stereocenters. The predicted molar refractivity (Wildman–Crippen MR) is 95.0 cm³/mol. The van der Waals surface area contributed by atoms with Gasteiger partial charge in [-0.2, -0.15) is 13.2 Å². The monoisotopic (exact) mass is 449 g/mol. The van der Waals surface area contributed by atoms with Gasteiger partial charge in [0.15, 0.2) is 22.3 Å². The average molecular weight is 449 g/mol. The molecule has 0 saturated carbocycles. The third-order valence-electron chi connectivity index (χ3n) is 4.36. The average Bonchev–Trinajstić information content (AvgIpc) is 3.03. The minimum absolute atomic E-state index is 0.0726. The number of hydrogen-bond acceptors (Lipinski definition) is 4. The Kier molecular flexibility index (Phi) is 5.44. The van der Waals surface area contributed by atoms with Crippen LogP contribution in [0.3, 0.4) is 0 Å². The van der Waals surface area contributed by atoms with Crippen molar-refractivity contribution in [1.29, 1.82) is 0 Å². The molecule has 0 radical (unpaired) electrons. The molecule has 0 fully saturated rings. The minimum Gasteiger partial charge on any atom is -0.357 e. The van der Waals surface area contributed by atoms with Crippen LogP contribution in [0.1, 0.15) is 16.9 Å². The molecule has 30 heavy (non-hydrogen) atoms. The molecular formula is C19H13F6NO3S. The normalized spacial score (nSPS) is 12.4. The van der Waals surface area contributed by atoms with Crippen molar-refractivity contribution in [3.63, 3.8) is 0 Å². The second kappa shape index (κ2) is 7.46.